The Kier molecular flexibility index (Phi) is 11.1. The molecule has 0 saturated heterocycles. The van der Waals surface area contributed by atoms with Gasteiger partial charge in [-0.2, -0.15) is 0 Å². The molecule has 0 heterocycles. The average Bonchev–Trinajstić information content (AvgIpc) is 3.03. The first-order valence-corrected chi connectivity index (χ1v) is 16.7. The molecule has 46 heavy (non-hydrogen) atoms. The van der Waals surface area contributed by atoms with Crippen molar-refractivity contribution >= 4 is 39.1 Å². The molecule has 0 aliphatic rings. The molecule has 4 rings (SSSR count). The van der Waals surface area contributed by atoms with E-state index in [2.05, 4.69) is 5.32 Å². The van der Waals surface area contributed by atoms with Crippen LogP contribution in [-0.2, 0) is 32.6 Å². The SMILES string of the molecule is COc1cccc(CN(C(=O)CN(c2ccc(C)c(Cl)c2)S(=O)(=O)c2ccccc2)C(Cc2ccccc2)C(=O)NC(C)(C)C)c1. The van der Waals surface area contributed by atoms with Gasteiger partial charge in [0, 0.05) is 23.5 Å². The molecule has 0 aliphatic carbocycles. The predicted molar refractivity (Wildman–Crippen MR) is 183 cm³/mol. The Morgan fingerprint density at radius 2 is 1.50 bits per heavy atom. The minimum atomic E-state index is -4.22. The number of methoxy groups -OCH3 is 1. The number of hydrogen-bond acceptors (Lipinski definition) is 5. The van der Waals surface area contributed by atoms with Gasteiger partial charge in [-0.15, -0.1) is 0 Å². The molecular weight excluding hydrogens is 622 g/mol. The topological polar surface area (TPSA) is 96.0 Å². The molecule has 1 atom stereocenters. The summed E-state index contributed by atoms with van der Waals surface area (Å²) in [7, 11) is -2.67. The van der Waals surface area contributed by atoms with Crippen molar-refractivity contribution in [2.75, 3.05) is 18.0 Å². The summed E-state index contributed by atoms with van der Waals surface area (Å²) in [5.74, 6) is -0.335. The van der Waals surface area contributed by atoms with Crippen LogP contribution >= 0.6 is 11.6 Å². The molecular formula is C36H40ClN3O5S. The Hall–Kier alpha value is -4.34. The number of hydrogen-bond donors (Lipinski definition) is 1. The van der Waals surface area contributed by atoms with Crippen LogP contribution in [0.15, 0.2) is 108 Å². The van der Waals surface area contributed by atoms with Gasteiger partial charge < -0.3 is 15.0 Å². The predicted octanol–water partition coefficient (Wildman–Crippen LogP) is 6.41. The van der Waals surface area contributed by atoms with Gasteiger partial charge >= 0.3 is 0 Å². The van der Waals surface area contributed by atoms with Gasteiger partial charge in [0.15, 0.2) is 0 Å². The number of halogens is 1. The fourth-order valence-electron chi connectivity index (χ4n) is 4.96. The largest absolute Gasteiger partial charge is 0.497 e. The highest BCUT2D eigenvalue weighted by Crippen LogP contribution is 2.29. The van der Waals surface area contributed by atoms with Crippen molar-refractivity contribution in [2.45, 2.75) is 57.1 Å². The van der Waals surface area contributed by atoms with Crippen LogP contribution in [0.4, 0.5) is 5.69 Å². The Bertz CT molecular complexity index is 1760. The standard InChI is InChI=1S/C36H40ClN3O5S/c1-26-19-20-29(23-32(26)37)40(46(43,44)31-17-10-7-11-18-31)25-34(41)39(24-28-15-12-16-30(21-28)45-5)33(35(42)38-36(2,3)4)22-27-13-8-6-9-14-27/h6-21,23,33H,22,24-25H2,1-5H3,(H,38,42). The molecule has 10 heteroatoms. The summed E-state index contributed by atoms with van der Waals surface area (Å²) in [6.07, 6.45) is 0.209. The second-order valence-corrected chi connectivity index (χ2v) is 14.3. The van der Waals surface area contributed by atoms with E-state index in [0.717, 1.165) is 15.4 Å². The van der Waals surface area contributed by atoms with Gasteiger partial charge in [-0.25, -0.2) is 8.42 Å². The van der Waals surface area contributed by atoms with Gasteiger partial charge in [0.05, 0.1) is 17.7 Å². The molecule has 2 amide bonds. The lowest BCUT2D eigenvalue weighted by Crippen LogP contribution is -2.56. The van der Waals surface area contributed by atoms with Gasteiger partial charge in [-0.3, -0.25) is 13.9 Å². The number of amides is 2. The molecule has 0 aliphatic heterocycles. The zero-order valence-electron chi connectivity index (χ0n) is 26.7. The second kappa shape index (κ2) is 14.8. The quantitative estimate of drug-likeness (QED) is 0.189. The highest BCUT2D eigenvalue weighted by Gasteiger charge is 2.35. The fourth-order valence-corrected chi connectivity index (χ4v) is 6.56. The fraction of sp³-hybridized carbons (Fsp3) is 0.278. The summed E-state index contributed by atoms with van der Waals surface area (Å²) in [5.41, 5.74) is 1.96. The molecule has 0 aromatic heterocycles. The number of carbonyl (C=O) groups is 2. The maximum absolute atomic E-state index is 14.6. The third kappa shape index (κ3) is 8.89. The smallest absolute Gasteiger partial charge is 0.264 e. The molecule has 1 unspecified atom stereocenters. The average molecular weight is 662 g/mol. The zero-order valence-corrected chi connectivity index (χ0v) is 28.3. The normalized spacial score (nSPS) is 12.2. The Morgan fingerprint density at radius 1 is 0.870 bits per heavy atom. The van der Waals surface area contributed by atoms with E-state index in [9.17, 15) is 18.0 Å². The van der Waals surface area contributed by atoms with E-state index in [0.29, 0.717) is 16.3 Å². The van der Waals surface area contributed by atoms with Gasteiger partial charge in [-0.05, 0) is 80.8 Å². The number of nitrogens with one attached hydrogen (secondary N) is 1. The lowest BCUT2D eigenvalue weighted by molar-refractivity contribution is -0.140. The molecule has 0 radical (unpaired) electrons. The van der Waals surface area contributed by atoms with Crippen molar-refractivity contribution in [3.8, 4) is 5.75 Å². The first kappa shape index (κ1) is 34.5. The first-order valence-electron chi connectivity index (χ1n) is 14.9. The maximum Gasteiger partial charge on any atom is 0.264 e. The summed E-state index contributed by atoms with van der Waals surface area (Å²) in [6, 6.07) is 28.4. The minimum absolute atomic E-state index is 0.0187. The summed E-state index contributed by atoms with van der Waals surface area (Å²) in [5, 5.41) is 3.39. The van der Waals surface area contributed by atoms with E-state index < -0.39 is 34.1 Å². The lowest BCUT2D eigenvalue weighted by Gasteiger charge is -2.35. The number of aryl methyl sites for hydroxylation is 1. The first-order chi connectivity index (χ1) is 21.8. The van der Waals surface area contributed by atoms with E-state index in [4.69, 9.17) is 16.3 Å². The number of carbonyl (C=O) groups excluding carboxylic acids is 2. The molecule has 0 saturated carbocycles. The van der Waals surface area contributed by atoms with Gasteiger partial charge in [0.1, 0.15) is 18.3 Å². The Labute approximate surface area is 277 Å². The summed E-state index contributed by atoms with van der Waals surface area (Å²) in [4.78, 5) is 30.1. The minimum Gasteiger partial charge on any atom is -0.497 e. The lowest BCUT2D eigenvalue weighted by atomic mass is 10.0. The number of anilines is 1. The Morgan fingerprint density at radius 3 is 2.11 bits per heavy atom. The van der Waals surface area contributed by atoms with Crippen molar-refractivity contribution in [3.05, 3.63) is 125 Å². The third-order valence-electron chi connectivity index (χ3n) is 7.31. The van der Waals surface area contributed by atoms with E-state index in [1.807, 2.05) is 64.1 Å². The van der Waals surface area contributed by atoms with Gasteiger partial charge in [0.25, 0.3) is 10.0 Å². The molecule has 0 fully saturated rings. The van der Waals surface area contributed by atoms with Crippen LogP contribution in [0.25, 0.3) is 0 Å². The number of rotatable bonds is 12. The van der Waals surface area contributed by atoms with Crippen molar-refractivity contribution < 1.29 is 22.7 Å². The highest BCUT2D eigenvalue weighted by atomic mass is 35.5. The van der Waals surface area contributed by atoms with E-state index >= 15 is 0 Å². The van der Waals surface area contributed by atoms with Crippen LogP contribution in [0.1, 0.15) is 37.5 Å². The Balaban J connectivity index is 1.84. The number of sulfonamides is 1. The van der Waals surface area contributed by atoms with Crippen LogP contribution < -0.4 is 14.4 Å². The monoisotopic (exact) mass is 661 g/mol. The third-order valence-corrected chi connectivity index (χ3v) is 9.51. The van der Waals surface area contributed by atoms with Crippen molar-refractivity contribution in [3.63, 3.8) is 0 Å². The van der Waals surface area contributed by atoms with Gasteiger partial charge in [0.2, 0.25) is 11.8 Å². The molecule has 0 bridgehead atoms. The van der Waals surface area contributed by atoms with E-state index in [-0.39, 0.29) is 29.5 Å². The van der Waals surface area contributed by atoms with E-state index in [1.165, 1.54) is 23.1 Å². The molecule has 242 valence electrons. The van der Waals surface area contributed by atoms with Crippen LogP contribution in [0.3, 0.4) is 0 Å². The summed E-state index contributed by atoms with van der Waals surface area (Å²) < 4.78 is 34.7. The molecule has 0 spiro atoms. The van der Waals surface area contributed by atoms with Crippen LogP contribution in [0.2, 0.25) is 5.02 Å². The second-order valence-electron chi connectivity index (χ2n) is 12.1. The van der Waals surface area contributed by atoms with Crippen LogP contribution in [0.5, 0.6) is 5.75 Å². The molecule has 4 aromatic rings. The molecule has 1 N–H and O–H groups in total. The number of ether oxygens (including phenoxy) is 1. The van der Waals surface area contributed by atoms with Crippen molar-refractivity contribution in [2.24, 2.45) is 0 Å². The van der Waals surface area contributed by atoms with Crippen LogP contribution in [-0.4, -0.2) is 50.4 Å². The molecule has 8 nitrogen and oxygen atoms in total. The van der Waals surface area contributed by atoms with Gasteiger partial charge in [-0.1, -0.05) is 78.3 Å². The van der Waals surface area contributed by atoms with Crippen LogP contribution in [0, 0.1) is 6.92 Å². The highest BCUT2D eigenvalue weighted by molar-refractivity contribution is 7.92. The number of benzene rings is 4. The van der Waals surface area contributed by atoms with Crippen molar-refractivity contribution in [1.82, 2.24) is 10.2 Å². The molecule has 4 aromatic carbocycles. The summed E-state index contributed by atoms with van der Waals surface area (Å²) in [6.45, 7) is 6.87. The maximum atomic E-state index is 14.6. The number of nitrogens with zero attached hydrogens (tertiary/aromatic N) is 2. The van der Waals surface area contributed by atoms with Crippen molar-refractivity contribution in [1.29, 1.82) is 0 Å². The summed E-state index contributed by atoms with van der Waals surface area (Å²) >= 11 is 6.45. The zero-order chi connectivity index (χ0) is 33.5. The van der Waals surface area contributed by atoms with E-state index in [1.54, 1.807) is 55.6 Å².